The monoisotopic (exact) mass is 364 g/mol. The molecule has 0 bridgehead atoms. The number of carbonyl (C=O) groups is 2. The lowest BCUT2D eigenvalue weighted by molar-refractivity contribution is -0.148. The van der Waals surface area contributed by atoms with E-state index in [1.165, 1.54) is 0 Å². The zero-order valence-corrected chi connectivity index (χ0v) is 13.9. The van der Waals surface area contributed by atoms with Crippen LogP contribution in [0.15, 0.2) is 28.7 Å². The van der Waals surface area contributed by atoms with Gasteiger partial charge in [0, 0.05) is 4.47 Å². The first-order chi connectivity index (χ1) is 10.4. The van der Waals surface area contributed by atoms with Gasteiger partial charge >= 0.3 is 5.97 Å². The van der Waals surface area contributed by atoms with Crippen LogP contribution in [-0.4, -0.2) is 24.0 Å². The molecule has 0 radical (unpaired) electrons. The van der Waals surface area contributed by atoms with E-state index in [1.807, 2.05) is 24.3 Å². The molecule has 5 nitrogen and oxygen atoms in total. The van der Waals surface area contributed by atoms with E-state index in [0.29, 0.717) is 0 Å². The first-order valence-corrected chi connectivity index (χ1v) is 7.84. The molecular weight excluding hydrogens is 348 g/mol. The van der Waals surface area contributed by atoms with E-state index >= 15 is 0 Å². The molecule has 0 aliphatic heterocycles. The summed E-state index contributed by atoms with van der Waals surface area (Å²) in [5.41, 5.74) is -0.0525. The number of esters is 1. The zero-order valence-electron chi connectivity index (χ0n) is 12.3. The van der Waals surface area contributed by atoms with Gasteiger partial charge in [-0.05, 0) is 43.4 Å². The van der Waals surface area contributed by atoms with Crippen LogP contribution in [0, 0.1) is 17.2 Å². The van der Waals surface area contributed by atoms with Gasteiger partial charge in [0.25, 0.3) is 5.91 Å². The van der Waals surface area contributed by atoms with Gasteiger partial charge in [0.05, 0.1) is 12.5 Å². The van der Waals surface area contributed by atoms with Crippen molar-refractivity contribution in [2.75, 3.05) is 6.61 Å². The maximum Gasteiger partial charge on any atom is 0.310 e. The highest BCUT2D eigenvalue weighted by atomic mass is 79.9. The summed E-state index contributed by atoms with van der Waals surface area (Å²) >= 11 is 3.32. The summed E-state index contributed by atoms with van der Waals surface area (Å²) in [5.74, 6) is -0.720. The lowest BCUT2D eigenvalue weighted by atomic mass is 9.98. The van der Waals surface area contributed by atoms with Gasteiger partial charge < -0.3 is 10.1 Å². The Balaban J connectivity index is 1.77. The molecule has 2 rings (SSSR count). The van der Waals surface area contributed by atoms with Gasteiger partial charge in [-0.15, -0.1) is 0 Å². The van der Waals surface area contributed by atoms with E-state index in [-0.39, 0.29) is 18.9 Å². The van der Waals surface area contributed by atoms with Crippen LogP contribution in [0.5, 0.6) is 0 Å². The van der Waals surface area contributed by atoms with Gasteiger partial charge in [-0.3, -0.25) is 9.59 Å². The third-order valence-corrected chi connectivity index (χ3v) is 4.18. The van der Waals surface area contributed by atoms with Crippen LogP contribution in [-0.2, 0) is 20.7 Å². The minimum atomic E-state index is -0.866. The number of hydrogen-bond acceptors (Lipinski definition) is 4. The lowest BCUT2D eigenvalue weighted by Gasteiger charge is -2.22. The Labute approximate surface area is 137 Å². The molecule has 1 saturated carbocycles. The fourth-order valence-corrected chi connectivity index (χ4v) is 2.44. The van der Waals surface area contributed by atoms with Crippen LogP contribution in [0.4, 0.5) is 0 Å². The quantitative estimate of drug-likeness (QED) is 0.785. The summed E-state index contributed by atoms with van der Waals surface area (Å²) in [4.78, 5) is 23.5. The van der Waals surface area contributed by atoms with Crippen LogP contribution in [0.3, 0.4) is 0 Å². The third kappa shape index (κ3) is 4.57. The molecule has 1 amide bonds. The Hall–Kier alpha value is -1.87. The molecule has 1 aromatic carbocycles. The largest absolute Gasteiger partial charge is 0.455 e. The van der Waals surface area contributed by atoms with Gasteiger partial charge in [0.1, 0.15) is 5.54 Å². The van der Waals surface area contributed by atoms with Crippen molar-refractivity contribution in [2.45, 2.75) is 31.7 Å². The van der Waals surface area contributed by atoms with Gasteiger partial charge in [-0.1, -0.05) is 28.1 Å². The van der Waals surface area contributed by atoms with Gasteiger partial charge in [0.2, 0.25) is 0 Å². The maximum atomic E-state index is 11.8. The molecule has 116 valence electrons. The van der Waals surface area contributed by atoms with Crippen LogP contribution < -0.4 is 5.32 Å². The maximum absolute atomic E-state index is 11.8. The highest BCUT2D eigenvalue weighted by Gasteiger charge is 2.43. The molecule has 1 fully saturated rings. The Morgan fingerprint density at radius 1 is 1.41 bits per heavy atom. The van der Waals surface area contributed by atoms with E-state index < -0.39 is 17.4 Å². The number of halogens is 1. The van der Waals surface area contributed by atoms with Crippen molar-refractivity contribution in [3.05, 3.63) is 34.3 Å². The molecule has 0 aromatic heterocycles. The number of carbonyl (C=O) groups excluding carboxylic acids is 2. The Kier molecular flexibility index (Phi) is 5.19. The van der Waals surface area contributed by atoms with Crippen molar-refractivity contribution in [1.82, 2.24) is 5.32 Å². The van der Waals surface area contributed by atoms with E-state index in [2.05, 4.69) is 27.3 Å². The molecule has 1 N–H and O–H groups in total. The van der Waals surface area contributed by atoms with Crippen LogP contribution in [0.2, 0.25) is 0 Å². The Morgan fingerprint density at radius 3 is 2.59 bits per heavy atom. The topological polar surface area (TPSA) is 79.2 Å². The molecule has 1 atom stereocenters. The van der Waals surface area contributed by atoms with Crippen molar-refractivity contribution in [3.8, 4) is 6.07 Å². The number of nitrogens with zero attached hydrogens (tertiary/aromatic N) is 1. The number of hydrogen-bond donors (Lipinski definition) is 1. The van der Waals surface area contributed by atoms with E-state index in [9.17, 15) is 9.59 Å². The van der Waals surface area contributed by atoms with E-state index in [1.54, 1.807) is 6.92 Å². The smallest absolute Gasteiger partial charge is 0.310 e. The highest BCUT2D eigenvalue weighted by molar-refractivity contribution is 9.10. The summed E-state index contributed by atoms with van der Waals surface area (Å²) < 4.78 is 5.89. The van der Waals surface area contributed by atoms with Crippen LogP contribution >= 0.6 is 15.9 Å². The Bertz CT molecular complexity index is 605. The number of nitrogens with one attached hydrogen (secondary N) is 1. The minimum Gasteiger partial charge on any atom is -0.455 e. The average molecular weight is 365 g/mol. The minimum absolute atomic E-state index is 0.110. The summed E-state index contributed by atoms with van der Waals surface area (Å²) in [6.45, 7) is 1.34. The number of rotatable bonds is 6. The molecule has 1 aliphatic carbocycles. The zero-order chi connectivity index (χ0) is 16.2. The Morgan fingerprint density at radius 2 is 2.05 bits per heavy atom. The first-order valence-electron chi connectivity index (χ1n) is 7.05. The van der Waals surface area contributed by atoms with Crippen LogP contribution in [0.1, 0.15) is 25.3 Å². The number of benzene rings is 1. The summed E-state index contributed by atoms with van der Waals surface area (Å²) in [6, 6.07) is 9.42. The second-order valence-corrected chi connectivity index (χ2v) is 6.52. The fraction of sp³-hybridized carbons (Fsp3) is 0.438. The fourth-order valence-electron chi connectivity index (χ4n) is 2.17. The molecule has 1 aromatic rings. The van der Waals surface area contributed by atoms with Crippen molar-refractivity contribution in [3.63, 3.8) is 0 Å². The van der Waals surface area contributed by atoms with Crippen molar-refractivity contribution in [1.29, 1.82) is 5.26 Å². The average Bonchev–Trinajstić information content (AvgIpc) is 3.32. The lowest BCUT2D eigenvalue weighted by Crippen LogP contribution is -2.48. The number of amides is 1. The summed E-state index contributed by atoms with van der Waals surface area (Å²) in [6.07, 6.45) is 1.99. The predicted octanol–water partition coefficient (Wildman–Crippen LogP) is 2.34. The second-order valence-electron chi connectivity index (χ2n) is 5.60. The molecule has 1 aliphatic rings. The third-order valence-electron chi connectivity index (χ3n) is 3.65. The first kappa shape index (κ1) is 16.5. The molecule has 6 heteroatoms. The highest BCUT2D eigenvalue weighted by Crippen LogP contribution is 2.39. The molecule has 22 heavy (non-hydrogen) atoms. The van der Waals surface area contributed by atoms with Crippen molar-refractivity contribution < 1.29 is 14.3 Å². The van der Waals surface area contributed by atoms with Gasteiger partial charge in [-0.25, -0.2) is 0 Å². The molecule has 0 heterocycles. The second kappa shape index (κ2) is 6.93. The molecular formula is C16H17BrN2O3. The van der Waals surface area contributed by atoms with Crippen molar-refractivity contribution in [2.24, 2.45) is 5.92 Å². The van der Waals surface area contributed by atoms with E-state index in [0.717, 1.165) is 22.9 Å². The molecule has 0 unspecified atom stereocenters. The summed E-state index contributed by atoms with van der Waals surface area (Å²) in [7, 11) is 0. The molecule has 0 saturated heterocycles. The van der Waals surface area contributed by atoms with E-state index in [4.69, 9.17) is 10.00 Å². The van der Waals surface area contributed by atoms with Gasteiger partial charge in [-0.2, -0.15) is 5.26 Å². The number of nitriles is 1. The van der Waals surface area contributed by atoms with Crippen LogP contribution in [0.25, 0.3) is 0 Å². The van der Waals surface area contributed by atoms with Gasteiger partial charge in [0.15, 0.2) is 6.61 Å². The standard InChI is InChI=1S/C16H17BrN2O3/c1-16(10-18,12-4-5-12)19-14(20)9-22-15(21)8-11-2-6-13(17)7-3-11/h2-3,6-7,12H,4-5,8-9H2,1H3,(H,19,20)/t16-/m0/s1. The number of ether oxygens (including phenoxy) is 1. The van der Waals surface area contributed by atoms with Crippen molar-refractivity contribution >= 4 is 27.8 Å². The summed E-state index contributed by atoms with van der Waals surface area (Å²) in [5, 5.41) is 11.8. The SMILES string of the molecule is C[C@@](C#N)(NC(=O)COC(=O)Cc1ccc(Br)cc1)C1CC1. The predicted molar refractivity (Wildman–Crippen MR) is 83.7 cm³/mol. The molecule has 0 spiro atoms. The normalized spacial score (nSPS) is 16.2.